The number of hydrogen-bond acceptors (Lipinski definition) is 4. The minimum Gasteiger partial charge on any atom is -0.464 e. The quantitative estimate of drug-likeness (QED) is 0.449. The van der Waals surface area contributed by atoms with Gasteiger partial charge in [0.15, 0.2) is 0 Å². The lowest BCUT2D eigenvalue weighted by Crippen LogP contribution is -2.33. The first-order valence-electron chi connectivity index (χ1n) is 9.50. The van der Waals surface area contributed by atoms with E-state index in [-0.39, 0.29) is 11.8 Å². The third-order valence-corrected chi connectivity index (χ3v) is 5.80. The Kier molecular flexibility index (Phi) is 4.90. The number of rotatable bonds is 4. The zero-order valence-corrected chi connectivity index (χ0v) is 17.3. The Labute approximate surface area is 180 Å². The van der Waals surface area contributed by atoms with Crippen LogP contribution in [0.4, 0.5) is 8.78 Å². The van der Waals surface area contributed by atoms with Gasteiger partial charge in [0.1, 0.15) is 11.5 Å². The molecule has 3 aromatic carbocycles. The fraction of sp³-hybridized carbons (Fsp3) is 0.174. The van der Waals surface area contributed by atoms with Gasteiger partial charge in [-0.15, -0.1) is 0 Å². The molecule has 2 aliphatic heterocycles. The summed E-state index contributed by atoms with van der Waals surface area (Å²) in [4.78, 5) is 0. The lowest BCUT2D eigenvalue weighted by molar-refractivity contribution is -0.0499. The van der Waals surface area contributed by atoms with E-state index >= 15 is 0 Å². The van der Waals surface area contributed by atoms with Crippen LogP contribution in [0.2, 0.25) is 0 Å². The molecule has 4 nitrogen and oxygen atoms in total. The second kappa shape index (κ2) is 7.72. The van der Waals surface area contributed by atoms with Crippen molar-refractivity contribution in [2.75, 3.05) is 0 Å². The average Bonchev–Trinajstić information content (AvgIpc) is 3.20. The number of para-hydroxylation sites is 1. The molecular weight excluding hydrogens is 454 g/mol. The van der Waals surface area contributed by atoms with Crippen LogP contribution in [0.25, 0.3) is 0 Å². The summed E-state index contributed by atoms with van der Waals surface area (Å²) < 4.78 is 36.7. The van der Waals surface area contributed by atoms with Crippen LogP contribution in [0.5, 0.6) is 11.5 Å². The predicted molar refractivity (Wildman–Crippen MR) is 113 cm³/mol. The van der Waals surface area contributed by atoms with Crippen LogP contribution in [0, 0.1) is 0 Å². The highest BCUT2D eigenvalue weighted by Crippen LogP contribution is 2.47. The molecule has 30 heavy (non-hydrogen) atoms. The number of hydrazone groups is 1. The van der Waals surface area contributed by atoms with Crippen molar-refractivity contribution < 1.29 is 18.3 Å². The van der Waals surface area contributed by atoms with E-state index in [1.807, 2.05) is 47.5 Å². The van der Waals surface area contributed by atoms with Gasteiger partial charge in [-0.3, -0.25) is 0 Å². The molecule has 0 radical (unpaired) electrons. The average molecular weight is 471 g/mol. The van der Waals surface area contributed by atoms with E-state index in [2.05, 4.69) is 26.7 Å². The number of ether oxygens (including phenoxy) is 2. The number of alkyl halides is 2. The van der Waals surface area contributed by atoms with Gasteiger partial charge in [0, 0.05) is 22.0 Å². The van der Waals surface area contributed by atoms with Gasteiger partial charge in [0.2, 0.25) is 6.23 Å². The number of fused-ring (bicyclic) bond motifs is 3. The first-order chi connectivity index (χ1) is 14.6. The Hall–Kier alpha value is -2.93. The molecule has 3 aromatic rings. The summed E-state index contributed by atoms with van der Waals surface area (Å²) >= 11 is 3.47. The molecule has 0 aromatic heterocycles. The zero-order chi connectivity index (χ0) is 20.7. The highest BCUT2D eigenvalue weighted by molar-refractivity contribution is 9.10. The lowest BCUT2D eigenvalue weighted by atomic mass is 9.96. The molecule has 2 aliphatic rings. The van der Waals surface area contributed by atoms with E-state index in [1.54, 1.807) is 12.1 Å². The highest BCUT2D eigenvalue weighted by atomic mass is 79.9. The van der Waals surface area contributed by atoms with Gasteiger partial charge in [-0.2, -0.15) is 13.9 Å². The van der Waals surface area contributed by atoms with Crippen LogP contribution in [-0.2, 0) is 0 Å². The van der Waals surface area contributed by atoms with E-state index in [0.717, 1.165) is 39.0 Å². The van der Waals surface area contributed by atoms with Crippen LogP contribution < -0.4 is 9.47 Å². The molecule has 5 rings (SSSR count). The molecule has 0 bridgehead atoms. The molecular formula is C23H17BrF2N2O2. The Bertz CT molecular complexity index is 1090. The smallest absolute Gasteiger partial charge is 0.387 e. The Morgan fingerprint density at radius 1 is 1.00 bits per heavy atom. The van der Waals surface area contributed by atoms with Crippen LogP contribution in [0.1, 0.15) is 35.4 Å². The number of benzene rings is 3. The van der Waals surface area contributed by atoms with Crippen molar-refractivity contribution in [3.05, 3.63) is 94.0 Å². The molecule has 0 amide bonds. The summed E-state index contributed by atoms with van der Waals surface area (Å²) in [6, 6.07) is 22.6. The zero-order valence-electron chi connectivity index (χ0n) is 15.7. The minimum atomic E-state index is -2.85. The van der Waals surface area contributed by atoms with E-state index in [1.165, 1.54) is 12.1 Å². The van der Waals surface area contributed by atoms with Crippen LogP contribution in [0.3, 0.4) is 0 Å². The SMILES string of the molecule is FC(F)Oc1ccc(C2Oc3ccccc3C3CC(c4ccc(Br)cc4)=NN32)cc1. The van der Waals surface area contributed by atoms with Gasteiger partial charge in [-0.05, 0) is 48.0 Å². The van der Waals surface area contributed by atoms with Gasteiger partial charge in [0.25, 0.3) is 0 Å². The number of hydrogen-bond donors (Lipinski definition) is 0. The van der Waals surface area contributed by atoms with E-state index in [0.29, 0.717) is 0 Å². The fourth-order valence-corrected chi connectivity index (χ4v) is 4.15. The third-order valence-electron chi connectivity index (χ3n) is 5.27. The normalized spacial score (nSPS) is 19.7. The van der Waals surface area contributed by atoms with Gasteiger partial charge in [0.05, 0.1) is 11.8 Å². The van der Waals surface area contributed by atoms with Crippen LogP contribution >= 0.6 is 15.9 Å². The lowest BCUT2D eigenvalue weighted by Gasteiger charge is -2.38. The molecule has 2 unspecified atom stereocenters. The molecule has 0 saturated heterocycles. The Morgan fingerprint density at radius 2 is 1.73 bits per heavy atom. The van der Waals surface area contributed by atoms with E-state index < -0.39 is 12.8 Å². The van der Waals surface area contributed by atoms with Crippen molar-refractivity contribution >= 4 is 21.6 Å². The standard InChI is InChI=1S/C23H17BrF2N2O2/c24-16-9-5-14(6-10-16)19-13-20-18-3-1-2-4-21(18)30-22(28(20)27-19)15-7-11-17(12-8-15)29-23(25)26/h1-12,20,22-23H,13H2. The van der Waals surface area contributed by atoms with Gasteiger partial charge < -0.3 is 9.47 Å². The molecule has 0 saturated carbocycles. The highest BCUT2D eigenvalue weighted by Gasteiger charge is 2.40. The molecule has 0 spiro atoms. The van der Waals surface area contributed by atoms with Crippen molar-refractivity contribution in [3.8, 4) is 11.5 Å². The first-order valence-corrected chi connectivity index (χ1v) is 10.3. The molecule has 0 N–H and O–H groups in total. The Balaban J connectivity index is 1.51. The summed E-state index contributed by atoms with van der Waals surface area (Å²) in [6.45, 7) is -2.85. The van der Waals surface area contributed by atoms with Crippen molar-refractivity contribution in [2.45, 2.75) is 25.3 Å². The third kappa shape index (κ3) is 3.54. The van der Waals surface area contributed by atoms with Crippen LogP contribution in [-0.4, -0.2) is 17.3 Å². The number of nitrogens with zero attached hydrogens (tertiary/aromatic N) is 2. The van der Waals surface area contributed by atoms with E-state index in [4.69, 9.17) is 9.84 Å². The Morgan fingerprint density at radius 3 is 2.47 bits per heavy atom. The van der Waals surface area contributed by atoms with Crippen molar-refractivity contribution in [3.63, 3.8) is 0 Å². The molecule has 2 heterocycles. The molecule has 152 valence electrons. The van der Waals surface area contributed by atoms with E-state index in [9.17, 15) is 8.78 Å². The maximum absolute atomic E-state index is 12.5. The maximum Gasteiger partial charge on any atom is 0.387 e. The summed E-state index contributed by atoms with van der Waals surface area (Å²) in [7, 11) is 0. The summed E-state index contributed by atoms with van der Waals surface area (Å²) in [5.74, 6) is 0.922. The van der Waals surface area contributed by atoms with Crippen LogP contribution in [0.15, 0.2) is 82.4 Å². The minimum absolute atomic E-state index is 0.0376. The molecule has 7 heteroatoms. The fourth-order valence-electron chi connectivity index (χ4n) is 3.88. The van der Waals surface area contributed by atoms with Gasteiger partial charge >= 0.3 is 6.61 Å². The van der Waals surface area contributed by atoms with Crippen molar-refractivity contribution in [1.29, 1.82) is 0 Å². The van der Waals surface area contributed by atoms with Crippen molar-refractivity contribution in [2.24, 2.45) is 5.10 Å². The van der Waals surface area contributed by atoms with Crippen molar-refractivity contribution in [1.82, 2.24) is 5.01 Å². The summed E-state index contributed by atoms with van der Waals surface area (Å²) in [5.41, 5.74) is 3.94. The number of halogens is 3. The molecule has 0 fully saturated rings. The largest absolute Gasteiger partial charge is 0.464 e. The topological polar surface area (TPSA) is 34.1 Å². The summed E-state index contributed by atoms with van der Waals surface area (Å²) in [6.07, 6.45) is 0.295. The van der Waals surface area contributed by atoms with Gasteiger partial charge in [-0.1, -0.05) is 46.3 Å². The second-order valence-corrected chi connectivity index (χ2v) is 8.02. The maximum atomic E-state index is 12.5. The molecule has 0 aliphatic carbocycles. The molecule has 2 atom stereocenters. The first kappa shape index (κ1) is 19.1. The van der Waals surface area contributed by atoms with Gasteiger partial charge in [-0.25, -0.2) is 5.01 Å². The second-order valence-electron chi connectivity index (χ2n) is 7.11. The predicted octanol–water partition coefficient (Wildman–Crippen LogP) is 6.29. The monoisotopic (exact) mass is 470 g/mol. The summed E-state index contributed by atoms with van der Waals surface area (Å²) in [5, 5.41) is 6.86.